The summed E-state index contributed by atoms with van der Waals surface area (Å²) in [5, 5.41) is 8.68. The van der Waals surface area contributed by atoms with E-state index < -0.39 is 5.97 Å². The van der Waals surface area contributed by atoms with Crippen molar-refractivity contribution in [2.45, 2.75) is 39.0 Å². The molecule has 1 N–H and O–H groups in total. The van der Waals surface area contributed by atoms with Gasteiger partial charge in [0.25, 0.3) is 0 Å². The van der Waals surface area contributed by atoms with E-state index in [9.17, 15) is 4.79 Å². The van der Waals surface area contributed by atoms with Gasteiger partial charge in [-0.15, -0.1) is 0 Å². The summed E-state index contributed by atoms with van der Waals surface area (Å²) >= 11 is 0. The van der Waals surface area contributed by atoms with Gasteiger partial charge < -0.3 is 5.11 Å². The minimum Gasteiger partial charge on any atom is -0.478 e. The summed E-state index contributed by atoms with van der Waals surface area (Å²) < 4.78 is 0. The first kappa shape index (κ1) is 8.31. The Morgan fingerprint density at radius 1 is 1.27 bits per heavy atom. The van der Waals surface area contributed by atoms with Crippen LogP contribution in [0.5, 0.6) is 0 Å². The Balaban J connectivity index is 2.68. The number of carbonyl (C=O) groups is 1. The van der Waals surface area contributed by atoms with Gasteiger partial charge in [0.1, 0.15) is 0 Å². The number of hydrogen-bond acceptors (Lipinski definition) is 1. The van der Waals surface area contributed by atoms with Crippen LogP contribution < -0.4 is 0 Å². The molecule has 0 aromatic carbocycles. The maximum Gasteiger partial charge on any atom is 0.331 e. The fourth-order valence-electron chi connectivity index (χ4n) is 1.50. The van der Waals surface area contributed by atoms with Crippen molar-refractivity contribution in [3.05, 3.63) is 11.1 Å². The number of hydrogen-bond donors (Lipinski definition) is 1. The van der Waals surface area contributed by atoms with Gasteiger partial charge in [0.15, 0.2) is 0 Å². The molecule has 2 nitrogen and oxygen atoms in total. The van der Waals surface area contributed by atoms with E-state index in [0.29, 0.717) is 5.57 Å². The predicted molar refractivity (Wildman–Crippen MR) is 43.4 cm³/mol. The van der Waals surface area contributed by atoms with E-state index in [4.69, 9.17) is 5.11 Å². The number of carboxylic acids is 1. The monoisotopic (exact) mass is 154 g/mol. The average molecular weight is 154 g/mol. The SMILES string of the molecule is CC(C(=O)O)=C1CCCCC1. The van der Waals surface area contributed by atoms with Crippen LogP contribution >= 0.6 is 0 Å². The van der Waals surface area contributed by atoms with Crippen molar-refractivity contribution >= 4 is 5.97 Å². The van der Waals surface area contributed by atoms with Crippen LogP contribution in [0.1, 0.15) is 39.0 Å². The van der Waals surface area contributed by atoms with Crippen LogP contribution in [0, 0.1) is 0 Å². The van der Waals surface area contributed by atoms with E-state index >= 15 is 0 Å². The molecule has 0 amide bonds. The van der Waals surface area contributed by atoms with Crippen LogP contribution in [0.4, 0.5) is 0 Å². The van der Waals surface area contributed by atoms with Crippen LogP contribution in [0.25, 0.3) is 0 Å². The molecule has 0 aromatic heterocycles. The second kappa shape index (κ2) is 3.56. The summed E-state index contributed by atoms with van der Waals surface area (Å²) in [4.78, 5) is 10.5. The topological polar surface area (TPSA) is 37.3 Å². The maximum atomic E-state index is 10.5. The summed E-state index contributed by atoms with van der Waals surface area (Å²) in [7, 11) is 0. The minimum absolute atomic E-state index is 0.574. The first-order chi connectivity index (χ1) is 5.22. The first-order valence-electron chi connectivity index (χ1n) is 4.13. The average Bonchev–Trinajstić information content (AvgIpc) is 2.05. The molecule has 11 heavy (non-hydrogen) atoms. The second-order valence-electron chi connectivity index (χ2n) is 3.09. The number of allylic oxidation sites excluding steroid dienone is 1. The first-order valence-corrected chi connectivity index (χ1v) is 4.13. The number of aliphatic carboxylic acids is 1. The third-order valence-electron chi connectivity index (χ3n) is 2.31. The molecule has 0 unspecified atom stereocenters. The molecule has 0 spiro atoms. The molecule has 0 aromatic rings. The highest BCUT2D eigenvalue weighted by atomic mass is 16.4. The van der Waals surface area contributed by atoms with Gasteiger partial charge in [-0.2, -0.15) is 0 Å². The quantitative estimate of drug-likeness (QED) is 0.588. The molecule has 0 atom stereocenters. The van der Waals surface area contributed by atoms with Gasteiger partial charge in [-0.1, -0.05) is 12.0 Å². The van der Waals surface area contributed by atoms with E-state index in [0.717, 1.165) is 18.4 Å². The largest absolute Gasteiger partial charge is 0.478 e. The normalized spacial score (nSPS) is 18.1. The Bertz CT molecular complexity index is 184. The smallest absolute Gasteiger partial charge is 0.331 e. The van der Waals surface area contributed by atoms with Gasteiger partial charge >= 0.3 is 5.97 Å². The van der Waals surface area contributed by atoms with Gasteiger partial charge in [0, 0.05) is 5.57 Å². The molecule has 0 saturated heterocycles. The number of rotatable bonds is 1. The Morgan fingerprint density at radius 3 is 2.27 bits per heavy atom. The molecule has 0 aliphatic heterocycles. The zero-order chi connectivity index (χ0) is 8.27. The van der Waals surface area contributed by atoms with Crippen molar-refractivity contribution in [2.75, 3.05) is 0 Å². The molecule has 1 aliphatic rings. The molecule has 1 aliphatic carbocycles. The van der Waals surface area contributed by atoms with Crippen molar-refractivity contribution in [2.24, 2.45) is 0 Å². The maximum absolute atomic E-state index is 10.5. The van der Waals surface area contributed by atoms with Crippen molar-refractivity contribution in [1.82, 2.24) is 0 Å². The van der Waals surface area contributed by atoms with Crippen molar-refractivity contribution in [3.8, 4) is 0 Å². The molecular weight excluding hydrogens is 140 g/mol. The van der Waals surface area contributed by atoms with E-state index in [-0.39, 0.29) is 0 Å². The third-order valence-corrected chi connectivity index (χ3v) is 2.31. The lowest BCUT2D eigenvalue weighted by atomic mass is 9.91. The van der Waals surface area contributed by atoms with Gasteiger partial charge in [0.2, 0.25) is 0 Å². The molecular formula is C9H14O2. The van der Waals surface area contributed by atoms with Gasteiger partial charge in [-0.25, -0.2) is 4.79 Å². The Hall–Kier alpha value is -0.790. The molecule has 0 bridgehead atoms. The second-order valence-corrected chi connectivity index (χ2v) is 3.09. The standard InChI is InChI=1S/C9H14O2/c1-7(9(10)11)8-5-3-2-4-6-8/h2-6H2,1H3,(H,10,11). The number of carboxylic acid groups (broad SMARTS) is 1. The highest BCUT2D eigenvalue weighted by molar-refractivity contribution is 5.86. The van der Waals surface area contributed by atoms with Crippen LogP contribution in [0.3, 0.4) is 0 Å². The van der Waals surface area contributed by atoms with Gasteiger partial charge in [-0.05, 0) is 32.6 Å². The van der Waals surface area contributed by atoms with Gasteiger partial charge in [-0.3, -0.25) is 0 Å². The zero-order valence-corrected chi connectivity index (χ0v) is 6.89. The van der Waals surface area contributed by atoms with Crippen molar-refractivity contribution in [1.29, 1.82) is 0 Å². The lowest BCUT2D eigenvalue weighted by Crippen LogP contribution is -2.04. The summed E-state index contributed by atoms with van der Waals surface area (Å²) in [6.07, 6.45) is 5.59. The van der Waals surface area contributed by atoms with E-state index in [1.807, 2.05) is 0 Å². The van der Waals surface area contributed by atoms with E-state index in [2.05, 4.69) is 0 Å². The fourth-order valence-corrected chi connectivity index (χ4v) is 1.50. The molecule has 1 fully saturated rings. The fraction of sp³-hybridized carbons (Fsp3) is 0.667. The van der Waals surface area contributed by atoms with Crippen LogP contribution in [-0.4, -0.2) is 11.1 Å². The van der Waals surface area contributed by atoms with Crippen molar-refractivity contribution in [3.63, 3.8) is 0 Å². The van der Waals surface area contributed by atoms with Crippen LogP contribution in [-0.2, 0) is 4.79 Å². The summed E-state index contributed by atoms with van der Waals surface area (Å²) in [5.74, 6) is -0.748. The van der Waals surface area contributed by atoms with E-state index in [1.165, 1.54) is 19.3 Å². The lowest BCUT2D eigenvalue weighted by molar-refractivity contribution is -0.132. The van der Waals surface area contributed by atoms with Gasteiger partial charge in [0.05, 0.1) is 0 Å². The van der Waals surface area contributed by atoms with Crippen molar-refractivity contribution < 1.29 is 9.90 Å². The molecule has 1 saturated carbocycles. The molecule has 0 radical (unpaired) electrons. The highest BCUT2D eigenvalue weighted by Crippen LogP contribution is 2.25. The summed E-state index contributed by atoms with van der Waals surface area (Å²) in [6.45, 7) is 1.71. The lowest BCUT2D eigenvalue weighted by Gasteiger charge is -2.14. The molecule has 1 rings (SSSR count). The summed E-state index contributed by atoms with van der Waals surface area (Å²) in [5.41, 5.74) is 1.73. The van der Waals surface area contributed by atoms with E-state index in [1.54, 1.807) is 6.92 Å². The Labute approximate surface area is 66.9 Å². The Morgan fingerprint density at radius 2 is 1.82 bits per heavy atom. The highest BCUT2D eigenvalue weighted by Gasteiger charge is 2.11. The van der Waals surface area contributed by atoms with Crippen LogP contribution in [0.2, 0.25) is 0 Å². The van der Waals surface area contributed by atoms with Crippen LogP contribution in [0.15, 0.2) is 11.1 Å². The Kier molecular flexibility index (Phi) is 2.69. The zero-order valence-electron chi connectivity index (χ0n) is 6.89. The molecule has 62 valence electrons. The summed E-state index contributed by atoms with van der Waals surface area (Å²) in [6, 6.07) is 0. The minimum atomic E-state index is -0.748. The molecule has 0 heterocycles. The third kappa shape index (κ3) is 2.07. The predicted octanol–water partition coefficient (Wildman–Crippen LogP) is 2.35. The molecule has 2 heteroatoms.